The molecule has 0 N–H and O–H groups in total. The molecule has 1 aromatic rings. The summed E-state index contributed by atoms with van der Waals surface area (Å²) in [5, 5.41) is 0. The number of hydrogen-bond donors (Lipinski definition) is 0. The van der Waals surface area contributed by atoms with Gasteiger partial charge in [0.2, 0.25) is 0 Å². The molecule has 1 aliphatic carbocycles. The van der Waals surface area contributed by atoms with E-state index in [0.29, 0.717) is 5.92 Å². The summed E-state index contributed by atoms with van der Waals surface area (Å²) in [6.45, 7) is 5.65. The summed E-state index contributed by atoms with van der Waals surface area (Å²) in [6, 6.07) is 2.05. The van der Waals surface area contributed by atoms with Crippen molar-refractivity contribution in [1.29, 1.82) is 0 Å². The predicted octanol–water partition coefficient (Wildman–Crippen LogP) is 2.13. The molecule has 2 atom stereocenters. The number of methoxy groups -OCH3 is 1. The molecule has 1 saturated heterocycles. The number of rotatable bonds is 3. The summed E-state index contributed by atoms with van der Waals surface area (Å²) in [5.74, 6) is 2.10. The first-order chi connectivity index (χ1) is 10.1. The first-order valence-electron chi connectivity index (χ1n) is 7.77. The number of aryl methyl sites for hydroxylation is 2. The van der Waals surface area contributed by atoms with Crippen molar-refractivity contribution in [2.45, 2.75) is 39.5 Å². The molecule has 0 amide bonds. The molecule has 0 aromatic carbocycles. The summed E-state index contributed by atoms with van der Waals surface area (Å²) in [5.41, 5.74) is 0.738. The lowest BCUT2D eigenvalue weighted by atomic mass is 9.81. The third kappa shape index (κ3) is 2.28. The van der Waals surface area contributed by atoms with Gasteiger partial charge in [-0.05, 0) is 32.1 Å². The molecule has 3 rings (SSSR count). The summed E-state index contributed by atoms with van der Waals surface area (Å²) < 4.78 is 5.09. The van der Waals surface area contributed by atoms with E-state index in [1.807, 2.05) is 6.92 Å². The molecule has 0 bridgehead atoms. The summed E-state index contributed by atoms with van der Waals surface area (Å²) in [7, 11) is 1.50. The van der Waals surface area contributed by atoms with Crippen LogP contribution in [0.2, 0.25) is 0 Å². The zero-order valence-electron chi connectivity index (χ0n) is 13.1. The van der Waals surface area contributed by atoms with Gasteiger partial charge in [0.25, 0.3) is 0 Å². The van der Waals surface area contributed by atoms with Gasteiger partial charge in [-0.3, -0.25) is 4.79 Å². The second kappa shape index (κ2) is 5.28. The molecule has 5 nitrogen and oxygen atoms in total. The Kier molecular flexibility index (Phi) is 3.59. The summed E-state index contributed by atoms with van der Waals surface area (Å²) >= 11 is 0. The smallest absolute Gasteiger partial charge is 0.313 e. The number of nitrogens with zero attached hydrogens (tertiary/aromatic N) is 3. The molecule has 1 saturated carbocycles. The average molecular weight is 289 g/mol. The van der Waals surface area contributed by atoms with Crippen molar-refractivity contribution in [1.82, 2.24) is 9.97 Å². The second-order valence-corrected chi connectivity index (χ2v) is 6.24. The van der Waals surface area contributed by atoms with E-state index in [-0.39, 0.29) is 11.4 Å². The number of carbonyl (C=O) groups excluding carboxylic acids is 1. The van der Waals surface area contributed by atoms with Crippen LogP contribution < -0.4 is 4.90 Å². The van der Waals surface area contributed by atoms with Crippen molar-refractivity contribution >= 4 is 11.8 Å². The largest absolute Gasteiger partial charge is 0.469 e. The monoisotopic (exact) mass is 289 g/mol. The van der Waals surface area contributed by atoms with Crippen molar-refractivity contribution < 1.29 is 9.53 Å². The third-order valence-corrected chi connectivity index (χ3v) is 5.03. The Balaban J connectivity index is 1.90. The highest BCUT2D eigenvalue weighted by Gasteiger charge is 2.55. The molecule has 1 aromatic heterocycles. The minimum Gasteiger partial charge on any atom is -0.469 e. The van der Waals surface area contributed by atoms with Crippen LogP contribution in [0.5, 0.6) is 0 Å². The predicted molar refractivity (Wildman–Crippen MR) is 80.2 cm³/mol. The second-order valence-electron chi connectivity index (χ2n) is 6.24. The van der Waals surface area contributed by atoms with Gasteiger partial charge in [-0.2, -0.15) is 0 Å². The highest BCUT2D eigenvalue weighted by molar-refractivity contribution is 5.79. The number of anilines is 1. The topological polar surface area (TPSA) is 55.3 Å². The Morgan fingerprint density at radius 3 is 3.05 bits per heavy atom. The van der Waals surface area contributed by atoms with Crippen molar-refractivity contribution in [2.75, 3.05) is 25.1 Å². The normalized spacial score (nSPS) is 27.8. The van der Waals surface area contributed by atoms with E-state index in [4.69, 9.17) is 4.74 Å². The molecule has 5 heteroatoms. The first kappa shape index (κ1) is 14.3. The molecule has 0 radical (unpaired) electrons. The maximum absolute atomic E-state index is 12.3. The van der Waals surface area contributed by atoms with Crippen LogP contribution in [0.3, 0.4) is 0 Å². The highest BCUT2D eigenvalue weighted by Crippen LogP contribution is 2.50. The van der Waals surface area contributed by atoms with E-state index < -0.39 is 0 Å². The lowest BCUT2D eigenvalue weighted by Gasteiger charge is -2.25. The van der Waals surface area contributed by atoms with Crippen molar-refractivity contribution in [3.05, 3.63) is 17.6 Å². The first-order valence-corrected chi connectivity index (χ1v) is 7.77. The van der Waals surface area contributed by atoms with Gasteiger partial charge in [0.15, 0.2) is 0 Å². The molecular formula is C16H23N3O2. The molecule has 2 aliphatic rings. The fraction of sp³-hybridized carbons (Fsp3) is 0.688. The third-order valence-electron chi connectivity index (χ3n) is 5.03. The van der Waals surface area contributed by atoms with E-state index >= 15 is 0 Å². The van der Waals surface area contributed by atoms with Crippen molar-refractivity contribution in [3.8, 4) is 0 Å². The van der Waals surface area contributed by atoms with Crippen molar-refractivity contribution in [2.24, 2.45) is 11.3 Å². The molecule has 114 valence electrons. The maximum Gasteiger partial charge on any atom is 0.313 e. The van der Waals surface area contributed by atoms with E-state index in [2.05, 4.69) is 27.9 Å². The van der Waals surface area contributed by atoms with Gasteiger partial charge >= 0.3 is 5.97 Å². The minimum atomic E-state index is -0.319. The molecule has 2 heterocycles. The number of carbonyl (C=O) groups is 1. The lowest BCUT2D eigenvalue weighted by molar-refractivity contribution is -0.152. The van der Waals surface area contributed by atoms with E-state index in [9.17, 15) is 4.79 Å². The van der Waals surface area contributed by atoms with Gasteiger partial charge in [0.1, 0.15) is 11.6 Å². The standard InChI is InChI=1S/C16H23N3O2/c1-4-13-8-14(18-11(2)17-13)19-9-12-6-5-7-16(12,10-19)15(20)21-3/h8,12H,4-7,9-10H2,1-3H3. The van der Waals surface area contributed by atoms with Crippen LogP contribution in [0.1, 0.15) is 37.7 Å². The zero-order chi connectivity index (χ0) is 15.0. The van der Waals surface area contributed by atoms with Gasteiger partial charge in [-0.25, -0.2) is 9.97 Å². The summed E-state index contributed by atoms with van der Waals surface area (Å²) in [6.07, 6.45) is 4.06. The minimum absolute atomic E-state index is 0.0472. The molecule has 0 spiro atoms. The Morgan fingerprint density at radius 2 is 2.33 bits per heavy atom. The van der Waals surface area contributed by atoms with Gasteiger partial charge in [0, 0.05) is 24.8 Å². The Morgan fingerprint density at radius 1 is 1.52 bits per heavy atom. The van der Waals surface area contributed by atoms with E-state index in [0.717, 1.165) is 56.1 Å². The van der Waals surface area contributed by atoms with Crippen LogP contribution in [0.15, 0.2) is 6.07 Å². The van der Waals surface area contributed by atoms with Crippen LogP contribution in [-0.2, 0) is 16.0 Å². The Bertz CT molecular complexity index is 560. The number of fused-ring (bicyclic) bond motifs is 1. The molecule has 2 fully saturated rings. The number of ether oxygens (including phenoxy) is 1. The van der Waals surface area contributed by atoms with Gasteiger partial charge in [-0.1, -0.05) is 13.3 Å². The Labute approximate surface area is 125 Å². The maximum atomic E-state index is 12.3. The molecule has 2 unspecified atom stereocenters. The van der Waals surface area contributed by atoms with Crippen LogP contribution in [0.4, 0.5) is 5.82 Å². The number of esters is 1. The van der Waals surface area contributed by atoms with Crippen molar-refractivity contribution in [3.63, 3.8) is 0 Å². The molecule has 1 aliphatic heterocycles. The quantitative estimate of drug-likeness (QED) is 0.798. The van der Waals surface area contributed by atoms with Gasteiger partial charge in [0.05, 0.1) is 12.5 Å². The number of hydrogen-bond acceptors (Lipinski definition) is 5. The lowest BCUT2D eigenvalue weighted by Crippen LogP contribution is -2.37. The van der Waals surface area contributed by atoms with Crippen LogP contribution in [0, 0.1) is 18.3 Å². The van der Waals surface area contributed by atoms with E-state index in [1.54, 1.807) is 0 Å². The van der Waals surface area contributed by atoms with Crippen LogP contribution in [0.25, 0.3) is 0 Å². The molecule has 21 heavy (non-hydrogen) atoms. The zero-order valence-corrected chi connectivity index (χ0v) is 13.1. The summed E-state index contributed by atoms with van der Waals surface area (Å²) in [4.78, 5) is 23.6. The van der Waals surface area contributed by atoms with Gasteiger partial charge in [-0.15, -0.1) is 0 Å². The highest BCUT2D eigenvalue weighted by atomic mass is 16.5. The van der Waals surface area contributed by atoms with Crippen LogP contribution in [-0.4, -0.2) is 36.1 Å². The van der Waals surface area contributed by atoms with Crippen LogP contribution >= 0.6 is 0 Å². The van der Waals surface area contributed by atoms with E-state index in [1.165, 1.54) is 7.11 Å². The molecular weight excluding hydrogens is 266 g/mol. The SMILES string of the molecule is CCc1cc(N2CC3CCCC3(C(=O)OC)C2)nc(C)n1. The van der Waals surface area contributed by atoms with Gasteiger partial charge < -0.3 is 9.64 Å². The fourth-order valence-electron chi connectivity index (χ4n) is 3.96. The number of aromatic nitrogens is 2. The average Bonchev–Trinajstić information content (AvgIpc) is 3.03. The Hall–Kier alpha value is -1.65. The fourth-order valence-corrected chi connectivity index (χ4v) is 3.96.